The number of para-hydroxylation sites is 1. The molecule has 1 heterocycles. The van der Waals surface area contributed by atoms with Crippen LogP contribution >= 0.6 is 11.8 Å². The predicted molar refractivity (Wildman–Crippen MR) is 98.1 cm³/mol. The second-order valence-corrected chi connectivity index (χ2v) is 6.86. The van der Waals surface area contributed by atoms with Crippen molar-refractivity contribution in [2.45, 2.75) is 18.2 Å². The highest BCUT2D eigenvalue weighted by atomic mass is 32.2. The van der Waals surface area contributed by atoms with E-state index in [1.54, 1.807) is 19.2 Å². The van der Waals surface area contributed by atoms with Crippen LogP contribution in [0.5, 0.6) is 5.75 Å². The Morgan fingerprint density at radius 2 is 1.92 bits per heavy atom. The standard InChI is InChI=1S/C19H18N2O4S/c1-25-15-9-7-13(8-10-15)12-21-17(22)11-16(18(23)24)26-19(21)20-14-5-3-2-4-6-14/h2-10,16H,11-12H2,1H3,(H,23,24)/p-1/t16-/m1/s1. The Labute approximate surface area is 155 Å². The molecule has 2 aromatic carbocycles. The van der Waals surface area contributed by atoms with Gasteiger partial charge >= 0.3 is 0 Å². The highest BCUT2D eigenvalue weighted by Crippen LogP contribution is 2.30. The SMILES string of the molecule is COc1ccc(CN2C(=O)C[C@H](C(=O)[O-])SC2=Nc2ccccc2)cc1. The molecule has 1 atom stereocenters. The topological polar surface area (TPSA) is 82.0 Å². The Balaban J connectivity index is 1.89. The fourth-order valence-corrected chi connectivity index (χ4v) is 3.54. The number of aliphatic carboxylic acids is 1. The molecule has 0 spiro atoms. The summed E-state index contributed by atoms with van der Waals surface area (Å²) in [5.41, 5.74) is 1.55. The maximum Gasteiger partial charge on any atom is 0.230 e. The molecular weight excluding hydrogens is 352 g/mol. The number of carbonyl (C=O) groups excluding carboxylic acids is 2. The number of aliphatic imine (C=N–C) groups is 1. The van der Waals surface area contributed by atoms with E-state index in [-0.39, 0.29) is 12.3 Å². The molecule has 0 unspecified atom stereocenters. The van der Waals surface area contributed by atoms with Crippen LogP contribution in [0.25, 0.3) is 0 Å². The molecule has 0 N–H and O–H groups in total. The van der Waals surface area contributed by atoms with Gasteiger partial charge in [0, 0.05) is 6.42 Å². The second-order valence-electron chi connectivity index (χ2n) is 5.69. The minimum Gasteiger partial charge on any atom is -0.549 e. The Hall–Kier alpha value is -2.80. The van der Waals surface area contributed by atoms with Crippen molar-refractivity contribution in [3.8, 4) is 5.75 Å². The average molecular weight is 369 g/mol. The lowest BCUT2D eigenvalue weighted by Gasteiger charge is -2.32. The average Bonchev–Trinajstić information content (AvgIpc) is 2.65. The normalized spacial score (nSPS) is 18.8. The van der Waals surface area contributed by atoms with Gasteiger partial charge in [-0.25, -0.2) is 4.99 Å². The fourth-order valence-electron chi connectivity index (χ4n) is 2.51. The van der Waals surface area contributed by atoms with E-state index in [0.29, 0.717) is 17.4 Å². The first-order chi connectivity index (χ1) is 12.6. The summed E-state index contributed by atoms with van der Waals surface area (Å²) in [4.78, 5) is 29.8. The molecule has 0 bridgehead atoms. The lowest BCUT2D eigenvalue weighted by Crippen LogP contribution is -2.47. The van der Waals surface area contributed by atoms with Gasteiger partial charge in [-0.1, -0.05) is 42.1 Å². The van der Waals surface area contributed by atoms with Crippen molar-refractivity contribution in [1.82, 2.24) is 4.90 Å². The minimum atomic E-state index is -1.26. The molecule has 1 saturated heterocycles. The van der Waals surface area contributed by atoms with Crippen LogP contribution in [-0.2, 0) is 16.1 Å². The van der Waals surface area contributed by atoms with E-state index < -0.39 is 11.2 Å². The number of ether oxygens (including phenoxy) is 1. The molecule has 0 aromatic heterocycles. The molecule has 2 aromatic rings. The summed E-state index contributed by atoms with van der Waals surface area (Å²) in [6.07, 6.45) is -0.114. The van der Waals surface area contributed by atoms with E-state index >= 15 is 0 Å². The minimum absolute atomic E-state index is 0.114. The van der Waals surface area contributed by atoms with Crippen LogP contribution in [0.15, 0.2) is 59.6 Å². The van der Waals surface area contributed by atoms with E-state index in [1.165, 1.54) is 4.90 Å². The summed E-state index contributed by atoms with van der Waals surface area (Å²) in [7, 11) is 1.59. The number of benzene rings is 2. The molecule has 6 nitrogen and oxygen atoms in total. The largest absolute Gasteiger partial charge is 0.549 e. The van der Waals surface area contributed by atoms with E-state index in [4.69, 9.17) is 4.74 Å². The van der Waals surface area contributed by atoms with Gasteiger partial charge < -0.3 is 14.6 Å². The highest BCUT2D eigenvalue weighted by molar-refractivity contribution is 8.15. The van der Waals surface area contributed by atoms with Crippen LogP contribution in [0.1, 0.15) is 12.0 Å². The zero-order chi connectivity index (χ0) is 18.5. The summed E-state index contributed by atoms with van der Waals surface area (Å²) < 4.78 is 5.14. The first-order valence-electron chi connectivity index (χ1n) is 8.01. The number of nitrogens with zero attached hydrogens (tertiary/aromatic N) is 2. The number of amides is 1. The molecule has 1 aliphatic rings. The lowest BCUT2D eigenvalue weighted by molar-refractivity contribution is -0.304. The number of methoxy groups -OCH3 is 1. The number of carboxylic acid groups (broad SMARTS) is 1. The first kappa shape index (κ1) is 18.0. The van der Waals surface area contributed by atoms with Gasteiger partial charge in [-0.3, -0.25) is 9.69 Å². The van der Waals surface area contributed by atoms with Gasteiger partial charge in [-0.05, 0) is 29.8 Å². The van der Waals surface area contributed by atoms with E-state index in [9.17, 15) is 14.7 Å². The monoisotopic (exact) mass is 369 g/mol. The first-order valence-corrected chi connectivity index (χ1v) is 8.89. The number of carbonyl (C=O) groups is 2. The molecule has 3 rings (SSSR count). The molecule has 1 aliphatic heterocycles. The summed E-state index contributed by atoms with van der Waals surface area (Å²) >= 11 is 1.04. The van der Waals surface area contributed by atoms with Crippen molar-refractivity contribution in [2.24, 2.45) is 4.99 Å². The van der Waals surface area contributed by atoms with Crippen molar-refractivity contribution in [3.05, 3.63) is 60.2 Å². The van der Waals surface area contributed by atoms with Gasteiger partial charge in [0.05, 0.1) is 30.6 Å². The van der Waals surface area contributed by atoms with Crippen molar-refractivity contribution < 1.29 is 19.4 Å². The smallest absolute Gasteiger partial charge is 0.230 e. The summed E-state index contributed by atoms with van der Waals surface area (Å²) in [5, 5.41) is 10.7. The maximum atomic E-state index is 12.6. The van der Waals surface area contributed by atoms with Crippen LogP contribution in [0.4, 0.5) is 5.69 Å². The Kier molecular flexibility index (Phi) is 5.58. The second kappa shape index (κ2) is 8.05. The number of hydrogen-bond donors (Lipinski definition) is 0. The van der Waals surface area contributed by atoms with E-state index in [1.807, 2.05) is 42.5 Å². The van der Waals surface area contributed by atoms with Gasteiger partial charge in [0.15, 0.2) is 5.17 Å². The lowest BCUT2D eigenvalue weighted by atomic mass is 10.2. The van der Waals surface area contributed by atoms with Gasteiger partial charge in [-0.15, -0.1) is 0 Å². The predicted octanol–water partition coefficient (Wildman–Crippen LogP) is 1.97. The van der Waals surface area contributed by atoms with E-state index in [2.05, 4.69) is 4.99 Å². The van der Waals surface area contributed by atoms with Crippen LogP contribution < -0.4 is 9.84 Å². The molecule has 26 heavy (non-hydrogen) atoms. The quantitative estimate of drug-likeness (QED) is 0.805. The summed E-state index contributed by atoms with van der Waals surface area (Å²) in [6.45, 7) is 0.307. The van der Waals surface area contributed by atoms with Gasteiger partial charge in [0.25, 0.3) is 0 Å². The molecule has 1 fully saturated rings. The fraction of sp³-hybridized carbons (Fsp3) is 0.211. The molecule has 0 radical (unpaired) electrons. The molecule has 7 heteroatoms. The Morgan fingerprint density at radius 3 is 2.54 bits per heavy atom. The number of hydrogen-bond acceptors (Lipinski definition) is 6. The number of rotatable bonds is 5. The summed E-state index contributed by atoms with van der Waals surface area (Å²) in [6, 6.07) is 16.5. The summed E-state index contributed by atoms with van der Waals surface area (Å²) in [5.74, 6) is -0.819. The third-order valence-corrected chi connectivity index (χ3v) is 5.05. The molecule has 0 saturated carbocycles. The van der Waals surface area contributed by atoms with Gasteiger partial charge in [-0.2, -0.15) is 0 Å². The molecule has 134 valence electrons. The van der Waals surface area contributed by atoms with Gasteiger partial charge in [0.1, 0.15) is 5.75 Å². The zero-order valence-electron chi connectivity index (χ0n) is 14.1. The van der Waals surface area contributed by atoms with Crippen LogP contribution in [0.3, 0.4) is 0 Å². The number of carboxylic acids is 1. The number of thioether (sulfide) groups is 1. The number of amidine groups is 1. The van der Waals surface area contributed by atoms with Crippen molar-refractivity contribution in [1.29, 1.82) is 0 Å². The third kappa shape index (κ3) is 4.23. The zero-order valence-corrected chi connectivity index (χ0v) is 14.9. The Bertz CT molecular complexity index is 821. The Morgan fingerprint density at radius 1 is 1.23 bits per heavy atom. The molecule has 0 aliphatic carbocycles. The maximum absolute atomic E-state index is 12.6. The molecular formula is C19H17N2O4S-. The van der Waals surface area contributed by atoms with Crippen molar-refractivity contribution in [2.75, 3.05) is 7.11 Å². The van der Waals surface area contributed by atoms with Crippen LogP contribution in [0, 0.1) is 0 Å². The van der Waals surface area contributed by atoms with Crippen LogP contribution in [-0.4, -0.2) is 34.3 Å². The third-order valence-electron chi connectivity index (χ3n) is 3.88. The highest BCUT2D eigenvalue weighted by Gasteiger charge is 2.32. The van der Waals surface area contributed by atoms with Gasteiger partial charge in [0.2, 0.25) is 5.91 Å². The van der Waals surface area contributed by atoms with Crippen LogP contribution in [0.2, 0.25) is 0 Å². The van der Waals surface area contributed by atoms with Crippen molar-refractivity contribution in [3.63, 3.8) is 0 Å². The van der Waals surface area contributed by atoms with E-state index in [0.717, 1.165) is 23.1 Å². The molecule has 1 amide bonds. The van der Waals surface area contributed by atoms with Crippen molar-refractivity contribution >= 4 is 34.5 Å².